The summed E-state index contributed by atoms with van der Waals surface area (Å²) in [5, 5.41) is 0. The average Bonchev–Trinajstić information content (AvgIpc) is 2.85. The molecule has 34 heavy (non-hydrogen) atoms. The van der Waals surface area contributed by atoms with Crippen LogP contribution in [-0.4, -0.2) is 71.5 Å². The first-order chi connectivity index (χ1) is 16.4. The van der Waals surface area contributed by atoms with Gasteiger partial charge in [0.1, 0.15) is 18.1 Å². The van der Waals surface area contributed by atoms with Gasteiger partial charge in [-0.15, -0.1) is 0 Å². The van der Waals surface area contributed by atoms with E-state index in [1.807, 2.05) is 13.8 Å². The number of carbonyl (C=O) groups excluding carboxylic acids is 1. The van der Waals surface area contributed by atoms with Crippen LogP contribution in [0, 0.1) is 0 Å². The van der Waals surface area contributed by atoms with Crippen molar-refractivity contribution >= 4 is 21.6 Å². The number of rotatable bonds is 8. The molecule has 1 amide bonds. The summed E-state index contributed by atoms with van der Waals surface area (Å²) in [5.41, 5.74) is 0.263. The van der Waals surface area contributed by atoms with Crippen molar-refractivity contribution in [1.29, 1.82) is 0 Å². The van der Waals surface area contributed by atoms with E-state index in [1.54, 1.807) is 23.1 Å². The molecule has 2 aromatic rings. The molecule has 4 rings (SSSR count). The van der Waals surface area contributed by atoms with Crippen LogP contribution in [0.2, 0.25) is 0 Å². The van der Waals surface area contributed by atoms with E-state index < -0.39 is 16.1 Å². The molecule has 0 spiro atoms. The monoisotopic (exact) mass is 492 g/mol. The van der Waals surface area contributed by atoms with Crippen LogP contribution < -0.4 is 23.7 Å². The number of morpholine rings is 1. The van der Waals surface area contributed by atoms with Gasteiger partial charge in [-0.2, -0.15) is 0 Å². The minimum absolute atomic E-state index is 0.00892. The maximum Gasteiger partial charge on any atom is 0.267 e. The zero-order chi connectivity index (χ0) is 24.1. The van der Waals surface area contributed by atoms with Gasteiger partial charge in [0, 0.05) is 25.2 Å². The summed E-state index contributed by atoms with van der Waals surface area (Å²) >= 11 is 0. The summed E-state index contributed by atoms with van der Waals surface area (Å²) in [6.07, 6.45) is -0.791. The van der Waals surface area contributed by atoms with Crippen LogP contribution in [0.25, 0.3) is 0 Å². The van der Waals surface area contributed by atoms with Crippen LogP contribution in [0.5, 0.6) is 23.0 Å². The van der Waals surface area contributed by atoms with E-state index in [2.05, 4.69) is 4.72 Å². The van der Waals surface area contributed by atoms with E-state index in [9.17, 15) is 13.2 Å². The zero-order valence-electron chi connectivity index (χ0n) is 19.1. The van der Waals surface area contributed by atoms with Crippen LogP contribution >= 0.6 is 0 Å². The van der Waals surface area contributed by atoms with Gasteiger partial charge < -0.3 is 28.6 Å². The van der Waals surface area contributed by atoms with Crippen molar-refractivity contribution in [2.24, 2.45) is 0 Å². The van der Waals surface area contributed by atoms with Gasteiger partial charge in [-0.05, 0) is 38.1 Å². The molecule has 2 aliphatic rings. The lowest BCUT2D eigenvalue weighted by molar-refractivity contribution is -0.145. The molecule has 10 nitrogen and oxygen atoms in total. The van der Waals surface area contributed by atoms with Gasteiger partial charge in [-0.1, -0.05) is 0 Å². The molecule has 2 heterocycles. The fraction of sp³-hybridized carbons (Fsp3) is 0.435. The largest absolute Gasteiger partial charge is 0.494 e. The Morgan fingerprint density at radius 2 is 1.82 bits per heavy atom. The van der Waals surface area contributed by atoms with Crippen LogP contribution in [0.1, 0.15) is 13.8 Å². The third-order valence-corrected chi connectivity index (χ3v) is 6.65. The van der Waals surface area contributed by atoms with Gasteiger partial charge >= 0.3 is 0 Å². The van der Waals surface area contributed by atoms with E-state index in [1.165, 1.54) is 18.2 Å². The highest BCUT2D eigenvalue weighted by Crippen LogP contribution is 2.36. The maximum absolute atomic E-state index is 13.1. The summed E-state index contributed by atoms with van der Waals surface area (Å²) in [4.78, 5) is 14.4. The number of ether oxygens (including phenoxy) is 5. The van der Waals surface area contributed by atoms with Gasteiger partial charge in [0.25, 0.3) is 15.9 Å². The van der Waals surface area contributed by atoms with Gasteiger partial charge in [0.15, 0.2) is 11.5 Å². The Hall–Kier alpha value is -3.18. The van der Waals surface area contributed by atoms with Crippen LogP contribution in [0.4, 0.5) is 5.69 Å². The molecular weight excluding hydrogens is 464 g/mol. The van der Waals surface area contributed by atoms with Crippen molar-refractivity contribution in [3.63, 3.8) is 0 Å². The van der Waals surface area contributed by atoms with E-state index in [4.69, 9.17) is 23.7 Å². The van der Waals surface area contributed by atoms with E-state index in [0.29, 0.717) is 56.8 Å². The van der Waals surface area contributed by atoms with Gasteiger partial charge in [-0.25, -0.2) is 8.42 Å². The predicted octanol–water partition coefficient (Wildman–Crippen LogP) is 2.28. The number of nitrogens with zero attached hydrogens (tertiary/aromatic N) is 1. The normalized spacial score (nSPS) is 17.7. The Bertz CT molecular complexity index is 1130. The quantitative estimate of drug-likeness (QED) is 0.597. The highest BCUT2D eigenvalue weighted by Gasteiger charge is 2.32. The summed E-state index contributed by atoms with van der Waals surface area (Å²) in [6.45, 7) is 6.44. The van der Waals surface area contributed by atoms with E-state index in [0.717, 1.165) is 0 Å². The molecule has 0 saturated carbocycles. The molecule has 1 atom stereocenters. The summed E-state index contributed by atoms with van der Waals surface area (Å²) in [5.74, 6) is 1.29. The second-order valence-corrected chi connectivity index (χ2v) is 9.28. The van der Waals surface area contributed by atoms with Gasteiger partial charge in [0.2, 0.25) is 6.10 Å². The second kappa shape index (κ2) is 10.4. The van der Waals surface area contributed by atoms with Crippen molar-refractivity contribution in [1.82, 2.24) is 4.90 Å². The minimum Gasteiger partial charge on any atom is -0.494 e. The van der Waals surface area contributed by atoms with Crippen molar-refractivity contribution in [2.75, 3.05) is 50.8 Å². The van der Waals surface area contributed by atoms with E-state index in [-0.39, 0.29) is 28.8 Å². The molecule has 184 valence electrons. The molecular formula is C23H28N2O8S. The lowest BCUT2D eigenvalue weighted by Gasteiger charge is -2.32. The third kappa shape index (κ3) is 5.31. The molecule has 1 saturated heterocycles. The number of nitrogens with one attached hydrogen (secondary N) is 1. The Balaban J connectivity index is 1.51. The molecule has 0 aromatic heterocycles. The molecule has 11 heteroatoms. The number of carbonyl (C=O) groups is 1. The predicted molar refractivity (Wildman–Crippen MR) is 123 cm³/mol. The van der Waals surface area contributed by atoms with Crippen LogP contribution in [-0.2, 0) is 19.6 Å². The third-order valence-electron chi connectivity index (χ3n) is 5.29. The molecule has 1 fully saturated rings. The van der Waals surface area contributed by atoms with Crippen LogP contribution in [0.15, 0.2) is 41.3 Å². The number of benzene rings is 2. The number of hydrogen-bond donors (Lipinski definition) is 1. The van der Waals surface area contributed by atoms with Crippen molar-refractivity contribution in [3.8, 4) is 23.0 Å². The van der Waals surface area contributed by atoms with Crippen LogP contribution in [0.3, 0.4) is 0 Å². The summed E-state index contributed by atoms with van der Waals surface area (Å²) in [7, 11) is -3.98. The van der Waals surface area contributed by atoms with Crippen molar-refractivity contribution < 1.29 is 36.9 Å². The highest BCUT2D eigenvalue weighted by atomic mass is 32.2. The molecule has 0 aliphatic carbocycles. The minimum atomic E-state index is -3.98. The highest BCUT2D eigenvalue weighted by molar-refractivity contribution is 7.92. The molecule has 2 aliphatic heterocycles. The first-order valence-corrected chi connectivity index (χ1v) is 12.6. The summed E-state index contributed by atoms with van der Waals surface area (Å²) in [6, 6.07) is 9.21. The lowest BCUT2D eigenvalue weighted by atomic mass is 10.2. The number of fused-ring (bicyclic) bond motifs is 1. The standard InChI is InChI=1S/C23H28N2O8S/c1-3-30-16-5-7-19(31-4-2)18(13-16)24-34(27,28)17-6-8-20-21(14-17)32-15-22(33-20)23(26)25-9-11-29-12-10-25/h5-8,13-14,22,24H,3-4,9-12,15H2,1-2H3. The van der Waals surface area contributed by atoms with E-state index >= 15 is 0 Å². The second-order valence-electron chi connectivity index (χ2n) is 7.59. The topological polar surface area (TPSA) is 113 Å². The first kappa shape index (κ1) is 24.0. The first-order valence-electron chi connectivity index (χ1n) is 11.1. The molecule has 0 bridgehead atoms. The number of amides is 1. The van der Waals surface area contributed by atoms with Crippen molar-refractivity contribution in [2.45, 2.75) is 24.8 Å². The van der Waals surface area contributed by atoms with Crippen molar-refractivity contribution in [3.05, 3.63) is 36.4 Å². The molecule has 1 unspecified atom stereocenters. The fourth-order valence-electron chi connectivity index (χ4n) is 3.66. The number of sulfonamides is 1. The van der Waals surface area contributed by atoms with Gasteiger partial charge in [0.05, 0.1) is 37.0 Å². The summed E-state index contributed by atoms with van der Waals surface area (Å²) < 4.78 is 56.6. The molecule has 0 radical (unpaired) electrons. The Labute approximate surface area is 198 Å². The average molecular weight is 493 g/mol. The Kier molecular flexibility index (Phi) is 7.32. The maximum atomic E-state index is 13.1. The molecule has 2 aromatic carbocycles. The Morgan fingerprint density at radius 1 is 1.06 bits per heavy atom. The fourth-order valence-corrected chi connectivity index (χ4v) is 4.73. The lowest BCUT2D eigenvalue weighted by Crippen LogP contribution is -2.50. The zero-order valence-corrected chi connectivity index (χ0v) is 19.9. The molecule has 1 N–H and O–H groups in total. The van der Waals surface area contributed by atoms with Gasteiger partial charge in [-0.3, -0.25) is 9.52 Å². The smallest absolute Gasteiger partial charge is 0.267 e. The SMILES string of the molecule is CCOc1ccc(OCC)c(NS(=O)(=O)c2ccc3c(c2)OCC(C(=O)N2CCOCC2)O3)c1. The number of hydrogen-bond acceptors (Lipinski definition) is 8. The Morgan fingerprint density at radius 3 is 2.56 bits per heavy atom. The number of anilines is 1.